The van der Waals surface area contributed by atoms with E-state index in [1.807, 2.05) is 25.1 Å². The van der Waals surface area contributed by atoms with Crippen molar-refractivity contribution in [3.05, 3.63) is 48.0 Å². The van der Waals surface area contributed by atoms with Gasteiger partial charge in [0, 0.05) is 24.2 Å². The molecule has 2 rings (SSSR count). The molecule has 0 radical (unpaired) electrons. The molecule has 0 saturated carbocycles. The summed E-state index contributed by atoms with van der Waals surface area (Å²) in [5.74, 6) is 1.58. The zero-order chi connectivity index (χ0) is 16.3. The summed E-state index contributed by atoms with van der Waals surface area (Å²) < 4.78 is 12.8. The molecule has 0 aliphatic heterocycles. The van der Waals surface area contributed by atoms with Crippen molar-refractivity contribution in [3.8, 4) is 0 Å². The Hall–Kier alpha value is -2.02. The second-order valence-corrected chi connectivity index (χ2v) is 6.03. The number of halogens is 1. The van der Waals surface area contributed by atoms with Gasteiger partial charge in [0.1, 0.15) is 5.82 Å². The van der Waals surface area contributed by atoms with Crippen LogP contribution < -0.4 is 10.6 Å². The summed E-state index contributed by atoms with van der Waals surface area (Å²) in [4.78, 5) is 5.59. The highest BCUT2D eigenvalue weighted by atomic mass is 32.2. The summed E-state index contributed by atoms with van der Waals surface area (Å²) in [5, 5.41) is 13.3. The number of aromatic amines is 1. The average Bonchev–Trinajstić information content (AvgIpc) is 3.07. The Morgan fingerprint density at radius 2 is 2.09 bits per heavy atom. The third-order valence-corrected chi connectivity index (χ3v) is 4.10. The van der Waals surface area contributed by atoms with E-state index in [4.69, 9.17) is 0 Å². The van der Waals surface area contributed by atoms with Gasteiger partial charge in [-0.15, -0.1) is 11.8 Å². The fourth-order valence-electron chi connectivity index (χ4n) is 1.88. The lowest BCUT2D eigenvalue weighted by Crippen LogP contribution is -2.37. The van der Waals surface area contributed by atoms with Gasteiger partial charge in [-0.1, -0.05) is 0 Å². The number of rotatable bonds is 8. The molecule has 0 fully saturated rings. The fraction of sp³-hybridized carbons (Fsp3) is 0.375. The largest absolute Gasteiger partial charge is 0.357 e. The first-order valence-electron chi connectivity index (χ1n) is 7.66. The van der Waals surface area contributed by atoms with Crippen LogP contribution in [0.5, 0.6) is 0 Å². The summed E-state index contributed by atoms with van der Waals surface area (Å²) in [6.45, 7) is 4.26. The van der Waals surface area contributed by atoms with Gasteiger partial charge in [0.05, 0.1) is 12.2 Å². The SMILES string of the molecule is CCNC(=NCc1ccn[nH]1)NCCCSc1ccc(F)cc1. The van der Waals surface area contributed by atoms with Gasteiger partial charge >= 0.3 is 0 Å². The molecule has 0 amide bonds. The number of nitrogens with zero attached hydrogens (tertiary/aromatic N) is 2. The number of aromatic nitrogens is 2. The number of nitrogens with one attached hydrogen (secondary N) is 3. The number of guanidine groups is 1. The molecule has 0 aliphatic rings. The highest BCUT2D eigenvalue weighted by molar-refractivity contribution is 7.99. The van der Waals surface area contributed by atoms with Crippen LogP contribution in [-0.4, -0.2) is 35.0 Å². The third kappa shape index (κ3) is 6.73. The average molecular weight is 335 g/mol. The molecular weight excluding hydrogens is 313 g/mol. The smallest absolute Gasteiger partial charge is 0.191 e. The molecule has 0 spiro atoms. The van der Waals surface area contributed by atoms with E-state index >= 15 is 0 Å². The Balaban J connectivity index is 1.67. The van der Waals surface area contributed by atoms with Crippen molar-refractivity contribution in [1.82, 2.24) is 20.8 Å². The molecule has 0 saturated heterocycles. The fourth-order valence-corrected chi connectivity index (χ4v) is 2.73. The normalized spacial score (nSPS) is 11.5. The molecule has 2 aromatic rings. The van der Waals surface area contributed by atoms with E-state index in [0.29, 0.717) is 6.54 Å². The van der Waals surface area contributed by atoms with Crippen LogP contribution in [0.4, 0.5) is 4.39 Å². The minimum Gasteiger partial charge on any atom is -0.357 e. The molecule has 3 N–H and O–H groups in total. The molecule has 0 unspecified atom stereocenters. The lowest BCUT2D eigenvalue weighted by Gasteiger charge is -2.10. The summed E-state index contributed by atoms with van der Waals surface area (Å²) in [6.07, 6.45) is 2.72. The van der Waals surface area contributed by atoms with E-state index < -0.39 is 0 Å². The molecule has 1 aromatic carbocycles. The monoisotopic (exact) mass is 335 g/mol. The summed E-state index contributed by atoms with van der Waals surface area (Å²) in [7, 11) is 0. The molecular formula is C16H22FN5S. The maximum atomic E-state index is 12.8. The number of hydrogen-bond donors (Lipinski definition) is 3. The quantitative estimate of drug-likeness (QED) is 0.300. The van der Waals surface area contributed by atoms with Gasteiger partial charge < -0.3 is 10.6 Å². The maximum absolute atomic E-state index is 12.8. The van der Waals surface area contributed by atoms with E-state index in [0.717, 1.165) is 41.8 Å². The predicted molar refractivity (Wildman–Crippen MR) is 93.1 cm³/mol. The summed E-state index contributed by atoms with van der Waals surface area (Å²) in [6, 6.07) is 8.51. The number of benzene rings is 1. The van der Waals surface area contributed by atoms with Crippen LogP contribution in [0.15, 0.2) is 46.4 Å². The maximum Gasteiger partial charge on any atom is 0.191 e. The van der Waals surface area contributed by atoms with E-state index in [9.17, 15) is 4.39 Å². The highest BCUT2D eigenvalue weighted by Gasteiger charge is 1.99. The van der Waals surface area contributed by atoms with Crippen LogP contribution in [0.2, 0.25) is 0 Å². The topological polar surface area (TPSA) is 65.1 Å². The molecule has 23 heavy (non-hydrogen) atoms. The van der Waals surface area contributed by atoms with Gasteiger partial charge in [0.15, 0.2) is 5.96 Å². The molecule has 0 atom stereocenters. The Kier molecular flexibility index (Phi) is 7.45. The molecule has 1 heterocycles. The highest BCUT2D eigenvalue weighted by Crippen LogP contribution is 2.18. The summed E-state index contributed by atoms with van der Waals surface area (Å²) in [5.41, 5.74) is 0.981. The van der Waals surface area contributed by atoms with E-state index in [1.54, 1.807) is 18.0 Å². The Morgan fingerprint density at radius 3 is 2.78 bits per heavy atom. The molecule has 1 aromatic heterocycles. The van der Waals surface area contributed by atoms with Crippen molar-refractivity contribution in [2.24, 2.45) is 4.99 Å². The third-order valence-electron chi connectivity index (χ3n) is 3.01. The number of aliphatic imine (C=N–C) groups is 1. The first-order valence-corrected chi connectivity index (χ1v) is 8.65. The van der Waals surface area contributed by atoms with Gasteiger partial charge in [-0.05, 0) is 49.4 Å². The molecule has 0 bridgehead atoms. The van der Waals surface area contributed by atoms with Gasteiger partial charge in [0.2, 0.25) is 0 Å². The van der Waals surface area contributed by atoms with E-state index in [1.165, 1.54) is 12.1 Å². The minimum absolute atomic E-state index is 0.195. The first kappa shape index (κ1) is 17.3. The van der Waals surface area contributed by atoms with Crippen LogP contribution in [0, 0.1) is 5.82 Å². The predicted octanol–water partition coefficient (Wildman–Crippen LogP) is 2.79. The van der Waals surface area contributed by atoms with Crippen molar-refractivity contribution < 1.29 is 4.39 Å². The molecule has 0 aliphatic carbocycles. The number of thioether (sulfide) groups is 1. The van der Waals surface area contributed by atoms with Gasteiger partial charge in [-0.25, -0.2) is 9.38 Å². The second kappa shape index (κ2) is 9.89. The van der Waals surface area contributed by atoms with Crippen LogP contribution in [0.3, 0.4) is 0 Å². The lowest BCUT2D eigenvalue weighted by molar-refractivity contribution is 0.626. The van der Waals surface area contributed by atoms with Gasteiger partial charge in [0.25, 0.3) is 0 Å². The van der Waals surface area contributed by atoms with Crippen LogP contribution in [0.25, 0.3) is 0 Å². The molecule has 124 valence electrons. The van der Waals surface area contributed by atoms with Crippen molar-refractivity contribution in [1.29, 1.82) is 0 Å². The Morgan fingerprint density at radius 1 is 1.26 bits per heavy atom. The zero-order valence-electron chi connectivity index (χ0n) is 13.2. The zero-order valence-corrected chi connectivity index (χ0v) is 14.0. The lowest BCUT2D eigenvalue weighted by atomic mass is 10.4. The summed E-state index contributed by atoms with van der Waals surface area (Å²) >= 11 is 1.73. The van der Waals surface area contributed by atoms with Crippen molar-refractivity contribution >= 4 is 17.7 Å². The van der Waals surface area contributed by atoms with Gasteiger partial charge in [-0.3, -0.25) is 5.10 Å². The number of hydrogen-bond acceptors (Lipinski definition) is 3. The second-order valence-electron chi connectivity index (χ2n) is 4.86. The van der Waals surface area contributed by atoms with Gasteiger partial charge in [-0.2, -0.15) is 5.10 Å². The molecule has 5 nitrogen and oxygen atoms in total. The van der Waals surface area contributed by atoms with Crippen LogP contribution >= 0.6 is 11.8 Å². The molecule has 7 heteroatoms. The number of H-pyrrole nitrogens is 1. The van der Waals surface area contributed by atoms with Crippen LogP contribution in [-0.2, 0) is 6.54 Å². The van der Waals surface area contributed by atoms with Crippen LogP contribution in [0.1, 0.15) is 19.0 Å². The first-order chi connectivity index (χ1) is 11.3. The van der Waals surface area contributed by atoms with E-state index in [-0.39, 0.29) is 5.82 Å². The Bertz CT molecular complexity index is 583. The minimum atomic E-state index is -0.195. The Labute approximate surface area is 140 Å². The van der Waals surface area contributed by atoms with Crippen molar-refractivity contribution in [2.45, 2.75) is 24.8 Å². The van der Waals surface area contributed by atoms with Crippen molar-refractivity contribution in [2.75, 3.05) is 18.8 Å². The van der Waals surface area contributed by atoms with Crippen molar-refractivity contribution in [3.63, 3.8) is 0 Å². The standard InChI is InChI=1S/C16H22FN5S/c1-2-18-16(20-12-14-8-10-21-22-14)19-9-3-11-23-15-6-4-13(17)5-7-15/h4-8,10H,2-3,9,11-12H2,1H3,(H,21,22)(H2,18,19,20). The van der Waals surface area contributed by atoms with E-state index in [2.05, 4.69) is 25.8 Å².